The van der Waals surface area contributed by atoms with Crippen LogP contribution in [0.1, 0.15) is 20.9 Å². The molecule has 0 aliphatic heterocycles. The van der Waals surface area contributed by atoms with Crippen LogP contribution in [0.3, 0.4) is 0 Å². The minimum Gasteiger partial charge on any atom is -0.508 e. The highest BCUT2D eigenvalue weighted by molar-refractivity contribution is 7.15. The number of nitrogens with zero attached hydrogens (tertiary/aromatic N) is 2. The number of hydrogen-bond donors (Lipinski definition) is 2. The quantitative estimate of drug-likeness (QED) is 0.854. The third-order valence-corrected chi connectivity index (χ3v) is 3.05. The minimum atomic E-state index is -0.297. The average molecular weight is 249 g/mol. The van der Waals surface area contributed by atoms with E-state index in [1.54, 1.807) is 25.1 Å². The van der Waals surface area contributed by atoms with Crippen LogP contribution in [-0.4, -0.2) is 21.2 Å². The number of anilines is 1. The van der Waals surface area contributed by atoms with E-state index < -0.39 is 0 Å². The van der Waals surface area contributed by atoms with Crippen LogP contribution >= 0.6 is 11.3 Å². The molecule has 0 atom stereocenters. The van der Waals surface area contributed by atoms with Gasteiger partial charge in [0.2, 0.25) is 5.13 Å². The van der Waals surface area contributed by atoms with E-state index in [0.717, 1.165) is 5.01 Å². The molecule has 0 spiro atoms. The van der Waals surface area contributed by atoms with Crippen LogP contribution in [0.15, 0.2) is 18.2 Å². The highest BCUT2D eigenvalue weighted by atomic mass is 32.1. The van der Waals surface area contributed by atoms with Crippen LogP contribution in [0.25, 0.3) is 0 Å². The molecular weight excluding hydrogens is 238 g/mol. The zero-order valence-electron chi connectivity index (χ0n) is 9.39. The zero-order chi connectivity index (χ0) is 12.4. The molecule has 1 aromatic heterocycles. The summed E-state index contributed by atoms with van der Waals surface area (Å²) >= 11 is 1.30. The van der Waals surface area contributed by atoms with Crippen LogP contribution in [-0.2, 0) is 0 Å². The number of nitrogens with one attached hydrogen (secondary N) is 1. The SMILES string of the molecule is Cc1nnc(NC(=O)c2cccc(O)c2C)s1. The van der Waals surface area contributed by atoms with Crippen LogP contribution in [0, 0.1) is 13.8 Å². The van der Waals surface area contributed by atoms with Crippen molar-refractivity contribution in [2.45, 2.75) is 13.8 Å². The molecule has 0 aliphatic carbocycles. The highest BCUT2D eigenvalue weighted by Gasteiger charge is 2.13. The van der Waals surface area contributed by atoms with Gasteiger partial charge in [-0.25, -0.2) is 0 Å². The number of carbonyl (C=O) groups excluding carboxylic acids is 1. The lowest BCUT2D eigenvalue weighted by Crippen LogP contribution is -2.13. The molecule has 0 unspecified atom stereocenters. The number of hydrogen-bond acceptors (Lipinski definition) is 5. The van der Waals surface area contributed by atoms with E-state index in [2.05, 4.69) is 15.5 Å². The summed E-state index contributed by atoms with van der Waals surface area (Å²) in [6, 6.07) is 4.82. The molecule has 0 bridgehead atoms. The highest BCUT2D eigenvalue weighted by Crippen LogP contribution is 2.21. The second kappa shape index (κ2) is 4.50. The lowest BCUT2D eigenvalue weighted by molar-refractivity contribution is 0.102. The van der Waals surface area contributed by atoms with Gasteiger partial charge in [-0.15, -0.1) is 10.2 Å². The Labute approximate surface area is 102 Å². The molecular formula is C11H11N3O2S. The first-order valence-electron chi connectivity index (χ1n) is 4.98. The number of rotatable bonds is 2. The van der Waals surface area contributed by atoms with Gasteiger partial charge in [-0.05, 0) is 26.0 Å². The van der Waals surface area contributed by atoms with Crippen LogP contribution in [0.2, 0.25) is 0 Å². The Morgan fingerprint density at radius 1 is 1.35 bits per heavy atom. The van der Waals surface area contributed by atoms with Gasteiger partial charge in [-0.2, -0.15) is 0 Å². The molecule has 2 N–H and O–H groups in total. The number of phenols is 1. The third kappa shape index (κ3) is 2.42. The van der Waals surface area contributed by atoms with Crippen molar-refractivity contribution in [3.05, 3.63) is 34.3 Å². The van der Waals surface area contributed by atoms with E-state index in [4.69, 9.17) is 0 Å². The van der Waals surface area contributed by atoms with Crippen molar-refractivity contribution in [1.82, 2.24) is 10.2 Å². The molecule has 88 valence electrons. The monoisotopic (exact) mass is 249 g/mol. The van der Waals surface area contributed by atoms with Gasteiger partial charge in [0.05, 0.1) is 0 Å². The summed E-state index contributed by atoms with van der Waals surface area (Å²) in [6.45, 7) is 3.50. The number of phenolic OH excluding ortho intramolecular Hbond substituents is 1. The van der Waals surface area contributed by atoms with Crippen molar-refractivity contribution in [3.8, 4) is 5.75 Å². The predicted octanol–water partition coefficient (Wildman–Crippen LogP) is 2.11. The predicted molar refractivity (Wildman–Crippen MR) is 65.4 cm³/mol. The largest absolute Gasteiger partial charge is 0.508 e. The Morgan fingerprint density at radius 3 is 2.76 bits per heavy atom. The van der Waals surface area contributed by atoms with E-state index in [1.165, 1.54) is 11.3 Å². The van der Waals surface area contributed by atoms with E-state index in [0.29, 0.717) is 16.3 Å². The van der Waals surface area contributed by atoms with Gasteiger partial charge in [0.25, 0.3) is 5.91 Å². The van der Waals surface area contributed by atoms with Gasteiger partial charge in [0.1, 0.15) is 10.8 Å². The van der Waals surface area contributed by atoms with E-state index in [-0.39, 0.29) is 11.7 Å². The molecule has 0 aliphatic rings. The molecule has 2 rings (SSSR count). The number of amides is 1. The summed E-state index contributed by atoms with van der Waals surface area (Å²) in [5.41, 5.74) is 0.976. The molecule has 1 amide bonds. The zero-order valence-corrected chi connectivity index (χ0v) is 10.2. The third-order valence-electron chi connectivity index (χ3n) is 2.30. The van der Waals surface area contributed by atoms with Gasteiger partial charge in [-0.3, -0.25) is 10.1 Å². The average Bonchev–Trinajstić information content (AvgIpc) is 2.68. The molecule has 0 radical (unpaired) electrons. The van der Waals surface area contributed by atoms with Crippen molar-refractivity contribution in [3.63, 3.8) is 0 Å². The molecule has 0 fully saturated rings. The normalized spacial score (nSPS) is 10.2. The molecule has 2 aromatic rings. The summed E-state index contributed by atoms with van der Waals surface area (Å²) in [4.78, 5) is 11.9. The van der Waals surface area contributed by atoms with Crippen molar-refractivity contribution in [2.75, 3.05) is 5.32 Å². The smallest absolute Gasteiger partial charge is 0.257 e. The molecule has 1 heterocycles. The fourth-order valence-corrected chi connectivity index (χ4v) is 1.97. The molecule has 0 saturated heterocycles. The topological polar surface area (TPSA) is 75.1 Å². The summed E-state index contributed by atoms with van der Waals surface area (Å²) in [6.07, 6.45) is 0. The Balaban J connectivity index is 2.23. The van der Waals surface area contributed by atoms with Gasteiger partial charge in [-0.1, -0.05) is 17.4 Å². The fraction of sp³-hybridized carbons (Fsp3) is 0.182. The Hall–Kier alpha value is -1.95. The minimum absolute atomic E-state index is 0.103. The second-order valence-electron chi connectivity index (χ2n) is 3.53. The first-order valence-corrected chi connectivity index (χ1v) is 5.79. The lowest BCUT2D eigenvalue weighted by Gasteiger charge is -2.06. The maximum Gasteiger partial charge on any atom is 0.257 e. The fourth-order valence-electron chi connectivity index (χ4n) is 1.38. The first-order chi connectivity index (χ1) is 8.08. The Kier molecular flexibility index (Phi) is 3.06. The molecule has 0 saturated carbocycles. The van der Waals surface area contributed by atoms with Crippen LogP contribution in [0.4, 0.5) is 5.13 Å². The van der Waals surface area contributed by atoms with Gasteiger partial charge in [0, 0.05) is 11.1 Å². The van der Waals surface area contributed by atoms with Crippen molar-refractivity contribution in [1.29, 1.82) is 0 Å². The van der Waals surface area contributed by atoms with Crippen molar-refractivity contribution >= 4 is 22.4 Å². The summed E-state index contributed by atoms with van der Waals surface area (Å²) in [5, 5.41) is 21.0. The van der Waals surface area contributed by atoms with E-state index >= 15 is 0 Å². The number of aryl methyl sites for hydroxylation is 1. The lowest BCUT2D eigenvalue weighted by atomic mass is 10.1. The van der Waals surface area contributed by atoms with Gasteiger partial charge >= 0.3 is 0 Å². The summed E-state index contributed by atoms with van der Waals surface area (Å²) < 4.78 is 0. The number of aromatic nitrogens is 2. The van der Waals surface area contributed by atoms with Crippen LogP contribution < -0.4 is 5.32 Å². The van der Waals surface area contributed by atoms with Crippen molar-refractivity contribution < 1.29 is 9.90 Å². The molecule has 5 nitrogen and oxygen atoms in total. The Morgan fingerprint density at radius 2 is 2.12 bits per heavy atom. The first kappa shape index (κ1) is 11.5. The maximum atomic E-state index is 11.9. The maximum absolute atomic E-state index is 11.9. The molecule has 6 heteroatoms. The van der Waals surface area contributed by atoms with Crippen LogP contribution in [0.5, 0.6) is 5.75 Å². The van der Waals surface area contributed by atoms with E-state index in [9.17, 15) is 9.90 Å². The van der Waals surface area contributed by atoms with Gasteiger partial charge < -0.3 is 5.11 Å². The molecule has 1 aromatic carbocycles. The standard InChI is InChI=1S/C11H11N3O2S/c1-6-8(4-3-5-9(6)15)10(16)12-11-14-13-7(2)17-11/h3-5,15H,1-2H3,(H,12,14,16). The van der Waals surface area contributed by atoms with E-state index in [1.807, 2.05) is 6.92 Å². The number of aromatic hydroxyl groups is 1. The summed E-state index contributed by atoms with van der Waals surface area (Å²) in [5.74, 6) is -0.194. The van der Waals surface area contributed by atoms with Gasteiger partial charge in [0.15, 0.2) is 0 Å². The number of benzene rings is 1. The summed E-state index contributed by atoms with van der Waals surface area (Å²) in [7, 11) is 0. The number of carbonyl (C=O) groups is 1. The molecule has 17 heavy (non-hydrogen) atoms. The van der Waals surface area contributed by atoms with Crippen molar-refractivity contribution in [2.24, 2.45) is 0 Å². The second-order valence-corrected chi connectivity index (χ2v) is 4.71. The Bertz CT molecular complexity index is 566.